The van der Waals surface area contributed by atoms with Crippen molar-refractivity contribution in [1.29, 1.82) is 0 Å². The van der Waals surface area contributed by atoms with Crippen molar-refractivity contribution in [3.05, 3.63) is 54.1 Å². The van der Waals surface area contributed by atoms with Crippen LogP contribution in [0.1, 0.15) is 31.2 Å². The second-order valence-corrected chi connectivity index (χ2v) is 7.38. The van der Waals surface area contributed by atoms with Crippen molar-refractivity contribution in [2.24, 2.45) is 0 Å². The summed E-state index contributed by atoms with van der Waals surface area (Å²) in [6, 6.07) is 14.1. The Morgan fingerprint density at radius 3 is 2.30 bits per heavy atom. The molecule has 2 aliphatic heterocycles. The minimum atomic E-state index is -2.87. The minimum Gasteiger partial charge on any atom is -1.00 e. The largest absolute Gasteiger partial charge is 1.00 e. The molecule has 30 heavy (non-hydrogen) atoms. The maximum Gasteiger partial charge on any atom is 0.387 e. The van der Waals surface area contributed by atoms with Crippen LogP contribution in [0.25, 0.3) is 0 Å². The molecule has 0 aliphatic carbocycles. The van der Waals surface area contributed by atoms with Crippen molar-refractivity contribution in [3.8, 4) is 11.5 Å². The number of benzene rings is 2. The first-order valence-electron chi connectivity index (χ1n) is 9.84. The van der Waals surface area contributed by atoms with Crippen molar-refractivity contribution in [3.63, 3.8) is 0 Å². The molecule has 5 nitrogen and oxygen atoms in total. The molecule has 162 valence electrons. The zero-order chi connectivity index (χ0) is 20.4. The first kappa shape index (κ1) is 22.5. The zero-order valence-electron chi connectivity index (χ0n) is 16.7. The molecule has 0 aromatic heterocycles. The zero-order valence-corrected chi connectivity index (χ0v) is 18.3. The van der Waals surface area contributed by atoms with Crippen LogP contribution in [0.2, 0.25) is 0 Å². The Bertz CT molecular complexity index is 890. The summed E-state index contributed by atoms with van der Waals surface area (Å²) in [6.45, 7) is -1.76. The van der Waals surface area contributed by atoms with Gasteiger partial charge in [0.1, 0.15) is 17.2 Å². The van der Waals surface area contributed by atoms with Crippen molar-refractivity contribution in [2.75, 3.05) is 25.1 Å². The van der Waals surface area contributed by atoms with Crippen LogP contribution >= 0.6 is 0 Å². The third-order valence-corrected chi connectivity index (χ3v) is 5.66. The van der Waals surface area contributed by atoms with Crippen LogP contribution < -0.4 is 31.4 Å². The fraction of sp³-hybridized carbons (Fsp3) is 0.409. The lowest BCUT2D eigenvalue weighted by molar-refractivity contribution is -0.658. The van der Waals surface area contributed by atoms with E-state index in [0.717, 1.165) is 49.5 Å². The predicted molar refractivity (Wildman–Crippen MR) is 106 cm³/mol. The number of β-amino-alcohol motifs (C(OH)–C–C–N with tert-alkyl or cyclic N) is 1. The van der Waals surface area contributed by atoms with E-state index in [1.54, 1.807) is 19.2 Å². The van der Waals surface area contributed by atoms with Gasteiger partial charge in [0.15, 0.2) is 6.54 Å². The molecule has 8 heteroatoms. The summed E-state index contributed by atoms with van der Waals surface area (Å²) in [6.07, 6.45) is 4.04. The summed E-state index contributed by atoms with van der Waals surface area (Å²) in [5, 5.41) is 11.7. The molecule has 1 unspecified atom stereocenters. The Morgan fingerprint density at radius 1 is 1.00 bits per heavy atom. The summed E-state index contributed by atoms with van der Waals surface area (Å²) in [7, 11) is 1.63. The van der Waals surface area contributed by atoms with Gasteiger partial charge in [0.25, 0.3) is 11.6 Å². The maximum atomic E-state index is 12.5. The molecule has 1 atom stereocenters. The Hall–Kier alpha value is -2.19. The first-order valence-corrected chi connectivity index (χ1v) is 9.84. The molecule has 0 amide bonds. The van der Waals surface area contributed by atoms with Gasteiger partial charge in [0, 0.05) is 12.0 Å². The highest BCUT2D eigenvalue weighted by Gasteiger charge is 2.51. The Kier molecular flexibility index (Phi) is 6.98. The van der Waals surface area contributed by atoms with Gasteiger partial charge in [-0.15, -0.1) is 0 Å². The molecule has 2 aromatic rings. The van der Waals surface area contributed by atoms with Crippen LogP contribution in [-0.4, -0.2) is 42.3 Å². The third-order valence-electron chi connectivity index (χ3n) is 5.66. The predicted octanol–water partition coefficient (Wildman–Crippen LogP) is 0.951. The maximum absolute atomic E-state index is 12.5. The van der Waals surface area contributed by atoms with E-state index in [1.807, 2.05) is 24.3 Å². The molecule has 2 aromatic carbocycles. The quantitative estimate of drug-likeness (QED) is 0.644. The number of hydrogen-bond donors (Lipinski definition) is 1. The molecule has 2 heterocycles. The molecule has 0 saturated carbocycles. The number of methoxy groups -OCH3 is 1. The van der Waals surface area contributed by atoms with Crippen LogP contribution in [0, 0.1) is 0 Å². The Morgan fingerprint density at radius 2 is 1.67 bits per heavy atom. The molecule has 2 aliphatic rings. The summed E-state index contributed by atoms with van der Waals surface area (Å²) in [5.74, 6) is 1.95. The normalized spacial score (nSPS) is 21.2. The molecule has 0 spiro atoms. The van der Waals surface area contributed by atoms with Crippen LogP contribution in [0.15, 0.2) is 48.5 Å². The van der Waals surface area contributed by atoms with Gasteiger partial charge in [-0.2, -0.15) is 8.78 Å². The van der Waals surface area contributed by atoms with E-state index in [-0.39, 0.29) is 22.7 Å². The topological polar surface area (TPSA) is 44.9 Å². The van der Waals surface area contributed by atoms with Crippen LogP contribution in [0.4, 0.5) is 14.5 Å². The number of halogens is 3. The number of amidine groups is 1. The number of alkyl halides is 2. The lowest BCUT2D eigenvalue weighted by Gasteiger charge is -2.23. The average molecular weight is 483 g/mol. The second kappa shape index (κ2) is 9.31. The van der Waals surface area contributed by atoms with Crippen molar-refractivity contribution < 1.29 is 44.9 Å². The SMILES string of the molecule is COc1ccc(N2CC(O)(c3ccc(OC(F)F)cc3)[N+]3=C2CCCCC3)cc1.[Br-]. The van der Waals surface area contributed by atoms with Crippen LogP contribution in [-0.2, 0) is 5.72 Å². The fourth-order valence-corrected chi connectivity index (χ4v) is 4.22. The van der Waals surface area contributed by atoms with E-state index in [4.69, 9.17) is 4.74 Å². The molecule has 0 saturated heterocycles. The Balaban J connectivity index is 0.00000256. The highest BCUT2D eigenvalue weighted by molar-refractivity contribution is 5.96. The number of hydrogen-bond acceptors (Lipinski definition) is 4. The van der Waals surface area contributed by atoms with E-state index < -0.39 is 12.3 Å². The molecule has 0 radical (unpaired) electrons. The smallest absolute Gasteiger partial charge is 0.387 e. The van der Waals surface area contributed by atoms with E-state index in [0.29, 0.717) is 12.1 Å². The molecule has 1 N–H and O–H groups in total. The van der Waals surface area contributed by atoms with Gasteiger partial charge in [-0.25, -0.2) is 9.48 Å². The van der Waals surface area contributed by atoms with E-state index in [9.17, 15) is 13.9 Å². The number of anilines is 1. The van der Waals surface area contributed by atoms with Crippen molar-refractivity contribution in [2.45, 2.75) is 38.0 Å². The lowest BCUT2D eigenvalue weighted by Crippen LogP contribution is -3.00. The number of aliphatic hydroxyl groups is 1. The summed E-state index contributed by atoms with van der Waals surface area (Å²) >= 11 is 0. The van der Waals surface area contributed by atoms with Gasteiger partial charge < -0.3 is 31.6 Å². The summed E-state index contributed by atoms with van der Waals surface area (Å²) < 4.78 is 36.7. The Labute approximate surface area is 185 Å². The highest BCUT2D eigenvalue weighted by Crippen LogP contribution is 2.36. The second-order valence-electron chi connectivity index (χ2n) is 7.38. The van der Waals surface area contributed by atoms with Gasteiger partial charge >= 0.3 is 6.61 Å². The molecule has 0 fully saturated rings. The van der Waals surface area contributed by atoms with E-state index in [1.165, 1.54) is 12.1 Å². The first-order chi connectivity index (χ1) is 14.0. The van der Waals surface area contributed by atoms with Crippen molar-refractivity contribution >= 4 is 11.5 Å². The molecular formula is C22H25BrF2N2O3. The van der Waals surface area contributed by atoms with Gasteiger partial charge in [-0.05, 0) is 67.8 Å². The number of rotatable bonds is 5. The minimum absolute atomic E-state index is 0. The summed E-state index contributed by atoms with van der Waals surface area (Å²) in [4.78, 5) is 2.15. The molecule has 0 bridgehead atoms. The van der Waals surface area contributed by atoms with Gasteiger partial charge in [-0.1, -0.05) is 0 Å². The van der Waals surface area contributed by atoms with E-state index >= 15 is 0 Å². The fourth-order valence-electron chi connectivity index (χ4n) is 4.22. The number of ether oxygens (including phenoxy) is 2. The third kappa shape index (κ3) is 4.30. The number of nitrogens with zero attached hydrogens (tertiary/aromatic N) is 2. The molecular weight excluding hydrogens is 458 g/mol. The van der Waals surface area contributed by atoms with E-state index in [2.05, 4.69) is 14.2 Å². The summed E-state index contributed by atoms with van der Waals surface area (Å²) in [5.41, 5.74) is 0.416. The highest BCUT2D eigenvalue weighted by atomic mass is 79.9. The van der Waals surface area contributed by atoms with Crippen LogP contribution in [0.3, 0.4) is 0 Å². The molecule has 4 rings (SSSR count). The van der Waals surface area contributed by atoms with Gasteiger partial charge in [0.2, 0.25) is 0 Å². The van der Waals surface area contributed by atoms with Crippen LogP contribution in [0.5, 0.6) is 11.5 Å². The van der Waals surface area contributed by atoms with Crippen molar-refractivity contribution in [1.82, 2.24) is 0 Å². The lowest BCUT2D eigenvalue weighted by atomic mass is 10.0. The average Bonchev–Trinajstić information content (AvgIpc) is 2.87. The monoisotopic (exact) mass is 482 g/mol. The van der Waals surface area contributed by atoms with Gasteiger partial charge in [0.05, 0.1) is 13.7 Å². The van der Waals surface area contributed by atoms with Gasteiger partial charge in [-0.3, -0.25) is 0 Å². The standard InChI is InChI=1S/C22H25F2N2O3.BrH/c1-28-18-12-8-17(9-13-18)25-15-22(27,26-14-4-2-3-5-20(25)26)16-6-10-19(11-7-16)29-21(23)24;/h6-13,21,27H,2-5,14-15H2,1H3;1H/q+1;/p-1.